The van der Waals surface area contributed by atoms with E-state index in [1.165, 1.54) is 24.8 Å². The van der Waals surface area contributed by atoms with E-state index in [1.54, 1.807) is 0 Å². The zero-order valence-electron chi connectivity index (χ0n) is 6.70. The van der Waals surface area contributed by atoms with Crippen LogP contribution < -0.4 is 5.73 Å². The molecule has 2 N–H and O–H groups in total. The average Bonchev–Trinajstić information content (AvgIpc) is 1.82. The number of unbranched alkanes of at least 4 members (excludes halogenated alkanes) is 1. The molecule has 0 aromatic rings. The minimum Gasteiger partial charge on any atom is -0.402 e. The molecule has 0 radical (unpaired) electrons. The Labute approximate surface area is 57.9 Å². The summed E-state index contributed by atoms with van der Waals surface area (Å²) in [6.07, 6.45) is 3.68. The van der Waals surface area contributed by atoms with Crippen LogP contribution in [0.15, 0.2) is 11.3 Å². The third-order valence-corrected chi connectivity index (χ3v) is 1.58. The summed E-state index contributed by atoms with van der Waals surface area (Å²) in [4.78, 5) is 0. The number of hydrogen-bond acceptors (Lipinski definition) is 1. The zero-order chi connectivity index (χ0) is 7.28. The fourth-order valence-corrected chi connectivity index (χ4v) is 0.639. The molecule has 0 fully saturated rings. The van der Waals surface area contributed by atoms with Crippen LogP contribution >= 0.6 is 0 Å². The molecule has 0 atom stereocenters. The second kappa shape index (κ2) is 4.42. The van der Waals surface area contributed by atoms with Crippen LogP contribution in [-0.2, 0) is 0 Å². The standard InChI is InChI=1S/C8H17N/c1-4-5-6-7(2)8(3)9/h4-6,9H2,1-3H3/b8-7-. The van der Waals surface area contributed by atoms with E-state index in [1.807, 2.05) is 6.92 Å². The molecule has 0 amide bonds. The van der Waals surface area contributed by atoms with Gasteiger partial charge in [-0.3, -0.25) is 0 Å². The first-order valence-electron chi connectivity index (χ1n) is 3.60. The van der Waals surface area contributed by atoms with Crippen molar-refractivity contribution in [3.05, 3.63) is 11.3 Å². The summed E-state index contributed by atoms with van der Waals surface area (Å²) in [6.45, 7) is 6.26. The minimum atomic E-state index is 0.989. The van der Waals surface area contributed by atoms with E-state index in [0.29, 0.717) is 0 Å². The summed E-state index contributed by atoms with van der Waals surface area (Å²) in [6, 6.07) is 0. The third-order valence-electron chi connectivity index (χ3n) is 1.58. The lowest BCUT2D eigenvalue weighted by molar-refractivity contribution is 0.779. The van der Waals surface area contributed by atoms with Crippen molar-refractivity contribution >= 4 is 0 Å². The lowest BCUT2D eigenvalue weighted by Crippen LogP contribution is -1.95. The van der Waals surface area contributed by atoms with Gasteiger partial charge in [0.1, 0.15) is 0 Å². The number of hydrogen-bond donors (Lipinski definition) is 1. The predicted octanol–water partition coefficient (Wildman–Crippen LogP) is 2.43. The van der Waals surface area contributed by atoms with Crippen LogP contribution in [0, 0.1) is 0 Å². The molecule has 9 heavy (non-hydrogen) atoms. The van der Waals surface area contributed by atoms with Gasteiger partial charge in [0.25, 0.3) is 0 Å². The van der Waals surface area contributed by atoms with Crippen molar-refractivity contribution in [1.82, 2.24) is 0 Å². The highest BCUT2D eigenvalue weighted by molar-refractivity contribution is 5.04. The van der Waals surface area contributed by atoms with E-state index >= 15 is 0 Å². The molecule has 0 heterocycles. The lowest BCUT2D eigenvalue weighted by Gasteiger charge is -2.00. The molecule has 0 aromatic carbocycles. The smallest absolute Gasteiger partial charge is 0.00379 e. The van der Waals surface area contributed by atoms with Crippen molar-refractivity contribution in [2.24, 2.45) is 5.73 Å². The van der Waals surface area contributed by atoms with Gasteiger partial charge in [-0.05, 0) is 26.7 Å². The first-order chi connectivity index (χ1) is 4.18. The van der Waals surface area contributed by atoms with E-state index < -0.39 is 0 Å². The monoisotopic (exact) mass is 127 g/mol. The van der Waals surface area contributed by atoms with E-state index in [0.717, 1.165) is 5.70 Å². The number of rotatable bonds is 3. The molecule has 1 nitrogen and oxygen atoms in total. The minimum absolute atomic E-state index is 0.989. The highest BCUT2D eigenvalue weighted by atomic mass is 14.6. The SMILES string of the molecule is CCCC/C(C)=C(/C)N. The zero-order valence-corrected chi connectivity index (χ0v) is 6.70. The van der Waals surface area contributed by atoms with Gasteiger partial charge >= 0.3 is 0 Å². The van der Waals surface area contributed by atoms with Gasteiger partial charge in [0.2, 0.25) is 0 Å². The molecule has 0 aliphatic heterocycles. The second-order valence-electron chi connectivity index (χ2n) is 2.57. The van der Waals surface area contributed by atoms with Crippen LogP contribution in [0.25, 0.3) is 0 Å². The highest BCUT2D eigenvalue weighted by Crippen LogP contribution is 2.07. The maximum atomic E-state index is 5.56. The fraction of sp³-hybridized carbons (Fsp3) is 0.750. The van der Waals surface area contributed by atoms with E-state index in [9.17, 15) is 0 Å². The second-order valence-corrected chi connectivity index (χ2v) is 2.57. The molecule has 54 valence electrons. The molecule has 0 aliphatic carbocycles. The first-order valence-corrected chi connectivity index (χ1v) is 3.60. The maximum absolute atomic E-state index is 5.56. The largest absolute Gasteiger partial charge is 0.402 e. The number of nitrogens with two attached hydrogens (primary N) is 1. The average molecular weight is 127 g/mol. The van der Waals surface area contributed by atoms with Crippen LogP contribution in [-0.4, -0.2) is 0 Å². The van der Waals surface area contributed by atoms with Crippen LogP contribution in [0.1, 0.15) is 40.0 Å². The molecule has 0 bridgehead atoms. The highest BCUT2D eigenvalue weighted by Gasteiger charge is 1.90. The van der Waals surface area contributed by atoms with Gasteiger partial charge in [0, 0.05) is 5.70 Å². The van der Waals surface area contributed by atoms with Crippen LogP contribution in [0.2, 0.25) is 0 Å². The summed E-state index contributed by atoms with van der Waals surface area (Å²) in [5.41, 5.74) is 7.89. The van der Waals surface area contributed by atoms with E-state index in [2.05, 4.69) is 13.8 Å². The Morgan fingerprint density at radius 1 is 1.33 bits per heavy atom. The maximum Gasteiger partial charge on any atom is 0.00379 e. The van der Waals surface area contributed by atoms with Gasteiger partial charge < -0.3 is 5.73 Å². The van der Waals surface area contributed by atoms with Gasteiger partial charge in [-0.15, -0.1) is 0 Å². The summed E-state index contributed by atoms with van der Waals surface area (Å²) in [5, 5.41) is 0. The topological polar surface area (TPSA) is 26.0 Å². The fourth-order valence-electron chi connectivity index (χ4n) is 0.639. The molecule has 0 aromatic heterocycles. The summed E-state index contributed by atoms with van der Waals surface area (Å²) >= 11 is 0. The molecule has 0 spiro atoms. The van der Waals surface area contributed by atoms with Gasteiger partial charge in [0.05, 0.1) is 0 Å². The first kappa shape index (κ1) is 8.54. The Hall–Kier alpha value is -0.460. The quantitative estimate of drug-likeness (QED) is 0.619. The Morgan fingerprint density at radius 3 is 2.22 bits per heavy atom. The molecule has 1 heteroatoms. The normalized spacial score (nSPS) is 13.2. The molecule has 0 rings (SSSR count). The van der Waals surface area contributed by atoms with Crippen LogP contribution in [0.3, 0.4) is 0 Å². The molecule has 0 saturated carbocycles. The Bertz CT molecular complexity index is 99.1. The van der Waals surface area contributed by atoms with Crippen molar-refractivity contribution in [3.8, 4) is 0 Å². The van der Waals surface area contributed by atoms with Crippen molar-refractivity contribution in [2.75, 3.05) is 0 Å². The van der Waals surface area contributed by atoms with E-state index in [-0.39, 0.29) is 0 Å². The Kier molecular flexibility index (Phi) is 4.20. The van der Waals surface area contributed by atoms with Gasteiger partial charge in [-0.1, -0.05) is 18.9 Å². The number of allylic oxidation sites excluding steroid dienone is 2. The third kappa shape index (κ3) is 4.07. The van der Waals surface area contributed by atoms with Crippen molar-refractivity contribution in [2.45, 2.75) is 40.0 Å². The molecule has 0 aliphatic rings. The van der Waals surface area contributed by atoms with Crippen LogP contribution in [0.4, 0.5) is 0 Å². The van der Waals surface area contributed by atoms with Gasteiger partial charge in [0.15, 0.2) is 0 Å². The Balaban J connectivity index is 3.50. The molecular weight excluding hydrogens is 110 g/mol. The summed E-state index contributed by atoms with van der Waals surface area (Å²) in [7, 11) is 0. The summed E-state index contributed by atoms with van der Waals surface area (Å²) < 4.78 is 0. The lowest BCUT2D eigenvalue weighted by atomic mass is 10.1. The Morgan fingerprint density at radius 2 is 1.89 bits per heavy atom. The van der Waals surface area contributed by atoms with Crippen molar-refractivity contribution < 1.29 is 0 Å². The van der Waals surface area contributed by atoms with Crippen molar-refractivity contribution in [1.29, 1.82) is 0 Å². The van der Waals surface area contributed by atoms with Gasteiger partial charge in [-0.2, -0.15) is 0 Å². The molecule has 0 unspecified atom stereocenters. The van der Waals surface area contributed by atoms with Crippen molar-refractivity contribution in [3.63, 3.8) is 0 Å². The molecular formula is C8H17N. The van der Waals surface area contributed by atoms with E-state index in [4.69, 9.17) is 5.73 Å². The molecule has 0 saturated heterocycles. The van der Waals surface area contributed by atoms with Crippen LogP contribution in [0.5, 0.6) is 0 Å². The van der Waals surface area contributed by atoms with Gasteiger partial charge in [-0.25, -0.2) is 0 Å². The predicted molar refractivity (Wildman–Crippen MR) is 42.1 cm³/mol. The summed E-state index contributed by atoms with van der Waals surface area (Å²) in [5.74, 6) is 0.